The zero-order chi connectivity index (χ0) is 18.8. The summed E-state index contributed by atoms with van der Waals surface area (Å²) in [4.78, 5) is 36.0. The zero-order valence-corrected chi connectivity index (χ0v) is 15.2. The predicted octanol–water partition coefficient (Wildman–Crippen LogP) is 1.69. The van der Waals surface area contributed by atoms with E-state index in [9.17, 15) is 14.4 Å². The second-order valence-corrected chi connectivity index (χ2v) is 6.16. The number of para-hydroxylation sites is 1. The maximum absolute atomic E-state index is 12.1. The van der Waals surface area contributed by atoms with E-state index in [1.165, 1.54) is 0 Å². The van der Waals surface area contributed by atoms with Gasteiger partial charge in [-0.2, -0.15) is 0 Å². The van der Waals surface area contributed by atoms with Crippen molar-refractivity contribution in [1.82, 2.24) is 10.6 Å². The summed E-state index contributed by atoms with van der Waals surface area (Å²) in [5.41, 5.74) is 0.603. The number of anilines is 1. The van der Waals surface area contributed by atoms with Crippen LogP contribution in [0.25, 0.3) is 0 Å². The lowest BCUT2D eigenvalue weighted by molar-refractivity contribution is -0.136. The van der Waals surface area contributed by atoms with Gasteiger partial charge in [0.1, 0.15) is 0 Å². The molecule has 0 saturated carbocycles. The van der Waals surface area contributed by atoms with E-state index in [1.54, 1.807) is 24.3 Å². The number of benzene rings is 1. The van der Waals surface area contributed by atoms with E-state index in [-0.39, 0.29) is 18.1 Å². The van der Waals surface area contributed by atoms with Crippen molar-refractivity contribution in [3.63, 3.8) is 0 Å². The molecule has 138 valence electrons. The molecule has 0 atom stereocenters. The first kappa shape index (κ1) is 20.6. The molecule has 3 amide bonds. The lowest BCUT2D eigenvalue weighted by Crippen LogP contribution is -2.37. The minimum Gasteiger partial charge on any atom is -0.379 e. The Morgan fingerprint density at radius 1 is 1.04 bits per heavy atom. The SMILES string of the molecule is CC(C)NC(=O)c1ccccc1NC(=O)C(=O)NCCCOC(C)C. The Morgan fingerprint density at radius 3 is 2.36 bits per heavy atom. The van der Waals surface area contributed by atoms with E-state index in [0.717, 1.165) is 0 Å². The topological polar surface area (TPSA) is 96.5 Å². The first-order valence-corrected chi connectivity index (χ1v) is 8.42. The van der Waals surface area contributed by atoms with Crippen LogP contribution in [0, 0.1) is 0 Å². The van der Waals surface area contributed by atoms with Crippen LogP contribution in [0.2, 0.25) is 0 Å². The van der Waals surface area contributed by atoms with Gasteiger partial charge in [0, 0.05) is 19.2 Å². The summed E-state index contributed by atoms with van der Waals surface area (Å²) >= 11 is 0. The van der Waals surface area contributed by atoms with Crippen molar-refractivity contribution in [1.29, 1.82) is 0 Å². The largest absolute Gasteiger partial charge is 0.379 e. The maximum Gasteiger partial charge on any atom is 0.313 e. The molecule has 0 saturated heterocycles. The molecule has 7 nitrogen and oxygen atoms in total. The summed E-state index contributed by atoms with van der Waals surface area (Å²) in [6, 6.07) is 6.51. The predicted molar refractivity (Wildman–Crippen MR) is 96.4 cm³/mol. The number of carbonyl (C=O) groups excluding carboxylic acids is 3. The van der Waals surface area contributed by atoms with Crippen molar-refractivity contribution >= 4 is 23.4 Å². The van der Waals surface area contributed by atoms with Crippen molar-refractivity contribution in [3.05, 3.63) is 29.8 Å². The molecule has 0 unspecified atom stereocenters. The number of amides is 3. The molecule has 0 aliphatic carbocycles. The first-order chi connectivity index (χ1) is 11.8. The van der Waals surface area contributed by atoms with E-state index in [1.807, 2.05) is 27.7 Å². The lowest BCUT2D eigenvalue weighted by atomic mass is 10.1. The van der Waals surface area contributed by atoms with Gasteiger partial charge in [0.05, 0.1) is 17.4 Å². The average Bonchev–Trinajstić information content (AvgIpc) is 2.53. The van der Waals surface area contributed by atoms with Gasteiger partial charge >= 0.3 is 11.8 Å². The normalized spacial score (nSPS) is 10.6. The first-order valence-electron chi connectivity index (χ1n) is 8.42. The van der Waals surface area contributed by atoms with Gasteiger partial charge in [0.2, 0.25) is 0 Å². The number of hydrogen-bond donors (Lipinski definition) is 3. The Kier molecular flexibility index (Phi) is 8.63. The Hall–Kier alpha value is -2.41. The van der Waals surface area contributed by atoms with E-state index < -0.39 is 11.8 Å². The molecule has 1 rings (SSSR count). The standard InChI is InChI=1S/C18H27N3O4/c1-12(2)20-16(22)14-8-5-6-9-15(14)21-18(24)17(23)19-10-7-11-25-13(3)4/h5-6,8-9,12-13H,7,10-11H2,1-4H3,(H,19,23)(H,20,22)(H,21,24). The fourth-order valence-electron chi connectivity index (χ4n) is 1.98. The maximum atomic E-state index is 12.1. The highest BCUT2D eigenvalue weighted by Crippen LogP contribution is 2.15. The van der Waals surface area contributed by atoms with Crippen LogP contribution < -0.4 is 16.0 Å². The van der Waals surface area contributed by atoms with Gasteiger partial charge in [-0.1, -0.05) is 12.1 Å². The van der Waals surface area contributed by atoms with Gasteiger partial charge in [-0.15, -0.1) is 0 Å². The minimum atomic E-state index is -0.811. The molecular weight excluding hydrogens is 322 g/mol. The van der Waals surface area contributed by atoms with Crippen LogP contribution in [0.1, 0.15) is 44.5 Å². The van der Waals surface area contributed by atoms with Gasteiger partial charge < -0.3 is 20.7 Å². The van der Waals surface area contributed by atoms with Gasteiger partial charge in [-0.25, -0.2) is 0 Å². The van der Waals surface area contributed by atoms with Crippen molar-refractivity contribution in [2.45, 2.75) is 46.3 Å². The molecule has 1 aromatic carbocycles. The number of carbonyl (C=O) groups is 3. The highest BCUT2D eigenvalue weighted by molar-refractivity contribution is 6.40. The summed E-state index contributed by atoms with van der Waals surface area (Å²) in [7, 11) is 0. The third kappa shape index (κ3) is 7.80. The Balaban J connectivity index is 2.56. The zero-order valence-electron chi connectivity index (χ0n) is 15.2. The summed E-state index contributed by atoms with van der Waals surface area (Å²) in [6.45, 7) is 8.40. The van der Waals surface area contributed by atoms with E-state index in [4.69, 9.17) is 4.74 Å². The van der Waals surface area contributed by atoms with E-state index >= 15 is 0 Å². The van der Waals surface area contributed by atoms with Crippen LogP contribution in [0.3, 0.4) is 0 Å². The molecule has 7 heteroatoms. The fourth-order valence-corrected chi connectivity index (χ4v) is 1.98. The van der Waals surface area contributed by atoms with E-state index in [0.29, 0.717) is 30.8 Å². The number of rotatable bonds is 8. The summed E-state index contributed by atoms with van der Waals surface area (Å²) in [5, 5.41) is 7.76. The van der Waals surface area contributed by atoms with Crippen molar-refractivity contribution < 1.29 is 19.1 Å². The van der Waals surface area contributed by atoms with Crippen LogP contribution in [0.5, 0.6) is 0 Å². The highest BCUT2D eigenvalue weighted by Gasteiger charge is 2.17. The Bertz CT molecular complexity index is 600. The van der Waals surface area contributed by atoms with Crippen LogP contribution >= 0.6 is 0 Å². The molecule has 0 aliphatic heterocycles. The van der Waals surface area contributed by atoms with Gasteiger partial charge in [-0.3, -0.25) is 14.4 Å². The van der Waals surface area contributed by atoms with Gasteiger partial charge in [-0.05, 0) is 46.2 Å². The Morgan fingerprint density at radius 2 is 1.72 bits per heavy atom. The molecule has 3 N–H and O–H groups in total. The van der Waals surface area contributed by atoms with Gasteiger partial charge in [0.25, 0.3) is 5.91 Å². The lowest BCUT2D eigenvalue weighted by Gasteiger charge is -2.13. The van der Waals surface area contributed by atoms with Crippen LogP contribution in [0.4, 0.5) is 5.69 Å². The molecule has 0 aliphatic rings. The molecule has 25 heavy (non-hydrogen) atoms. The van der Waals surface area contributed by atoms with Gasteiger partial charge in [0.15, 0.2) is 0 Å². The summed E-state index contributed by atoms with van der Waals surface area (Å²) in [5.74, 6) is -1.87. The minimum absolute atomic E-state index is 0.0346. The molecular formula is C18H27N3O4. The van der Waals surface area contributed by atoms with Crippen LogP contribution in [0.15, 0.2) is 24.3 Å². The average molecular weight is 349 g/mol. The molecule has 0 fully saturated rings. The second-order valence-electron chi connectivity index (χ2n) is 6.16. The van der Waals surface area contributed by atoms with Crippen LogP contribution in [-0.4, -0.2) is 43.0 Å². The quantitative estimate of drug-likeness (QED) is 0.491. The monoisotopic (exact) mass is 349 g/mol. The van der Waals surface area contributed by atoms with Crippen molar-refractivity contribution in [2.75, 3.05) is 18.5 Å². The molecule has 0 bridgehead atoms. The van der Waals surface area contributed by atoms with Crippen molar-refractivity contribution in [2.24, 2.45) is 0 Å². The molecule has 0 spiro atoms. The van der Waals surface area contributed by atoms with Crippen LogP contribution in [-0.2, 0) is 14.3 Å². The number of hydrogen-bond acceptors (Lipinski definition) is 4. The number of ether oxygens (including phenoxy) is 1. The molecule has 0 radical (unpaired) electrons. The third-order valence-corrected chi connectivity index (χ3v) is 3.10. The van der Waals surface area contributed by atoms with E-state index in [2.05, 4.69) is 16.0 Å². The fraction of sp³-hybridized carbons (Fsp3) is 0.500. The Labute approximate surface area is 148 Å². The van der Waals surface area contributed by atoms with Crippen molar-refractivity contribution in [3.8, 4) is 0 Å². The summed E-state index contributed by atoms with van der Waals surface area (Å²) < 4.78 is 5.36. The second kappa shape index (κ2) is 10.5. The molecule has 0 heterocycles. The summed E-state index contributed by atoms with van der Waals surface area (Å²) in [6.07, 6.45) is 0.748. The highest BCUT2D eigenvalue weighted by atomic mass is 16.5. The smallest absolute Gasteiger partial charge is 0.313 e. The molecule has 1 aromatic rings. The third-order valence-electron chi connectivity index (χ3n) is 3.10. The molecule has 0 aromatic heterocycles. The number of nitrogens with one attached hydrogen (secondary N) is 3.